The lowest BCUT2D eigenvalue weighted by Crippen LogP contribution is -2.33. The van der Waals surface area contributed by atoms with E-state index in [9.17, 15) is 0 Å². The normalized spacial score (nSPS) is 16.7. The van der Waals surface area contributed by atoms with Gasteiger partial charge in [-0.15, -0.1) is 0 Å². The molecule has 2 atom stereocenters. The van der Waals surface area contributed by atoms with Crippen molar-refractivity contribution in [2.75, 3.05) is 20.3 Å². The molecule has 88 valence electrons. The SMILES string of the molecule is COCC(C)OCCCCC(C)(N)C#N. The first-order valence-corrected chi connectivity index (χ1v) is 5.32. The summed E-state index contributed by atoms with van der Waals surface area (Å²) >= 11 is 0. The van der Waals surface area contributed by atoms with E-state index in [4.69, 9.17) is 20.5 Å². The molecule has 0 fully saturated rings. The highest BCUT2D eigenvalue weighted by Gasteiger charge is 2.15. The van der Waals surface area contributed by atoms with Crippen LogP contribution in [0.3, 0.4) is 0 Å². The Balaban J connectivity index is 3.37. The minimum absolute atomic E-state index is 0.134. The summed E-state index contributed by atoms with van der Waals surface area (Å²) in [6, 6.07) is 2.08. The van der Waals surface area contributed by atoms with Crippen molar-refractivity contribution in [2.45, 2.75) is 44.8 Å². The van der Waals surface area contributed by atoms with E-state index in [-0.39, 0.29) is 6.10 Å². The van der Waals surface area contributed by atoms with Crippen LogP contribution in [0.4, 0.5) is 0 Å². The highest BCUT2D eigenvalue weighted by Crippen LogP contribution is 2.09. The van der Waals surface area contributed by atoms with Crippen molar-refractivity contribution in [3.05, 3.63) is 0 Å². The fourth-order valence-corrected chi connectivity index (χ4v) is 1.22. The van der Waals surface area contributed by atoms with Gasteiger partial charge in [0.05, 0.1) is 18.8 Å². The van der Waals surface area contributed by atoms with Gasteiger partial charge in [-0.05, 0) is 33.1 Å². The standard InChI is InChI=1S/C11H22N2O2/c1-10(8-14-3)15-7-5-4-6-11(2,13)9-12/h10H,4-8,13H2,1-3H3. The van der Waals surface area contributed by atoms with Crippen LogP contribution in [-0.2, 0) is 9.47 Å². The molecule has 0 aromatic heterocycles. The van der Waals surface area contributed by atoms with Crippen molar-refractivity contribution in [3.63, 3.8) is 0 Å². The van der Waals surface area contributed by atoms with Crippen LogP contribution in [0.25, 0.3) is 0 Å². The number of hydrogen-bond donors (Lipinski definition) is 1. The number of nitrogens with two attached hydrogens (primary N) is 1. The molecule has 2 unspecified atom stereocenters. The Hall–Kier alpha value is -0.630. The molecular formula is C11H22N2O2. The maximum Gasteiger partial charge on any atom is 0.101 e. The van der Waals surface area contributed by atoms with Crippen LogP contribution in [0, 0.1) is 11.3 Å². The van der Waals surface area contributed by atoms with E-state index in [0.29, 0.717) is 19.6 Å². The van der Waals surface area contributed by atoms with E-state index in [2.05, 4.69) is 6.07 Å². The molecule has 15 heavy (non-hydrogen) atoms. The molecule has 4 heteroatoms. The highest BCUT2D eigenvalue weighted by atomic mass is 16.5. The second-order valence-electron chi connectivity index (χ2n) is 4.12. The lowest BCUT2D eigenvalue weighted by Gasteiger charge is -2.15. The topological polar surface area (TPSA) is 68.3 Å². The average Bonchev–Trinajstić information content (AvgIpc) is 2.17. The van der Waals surface area contributed by atoms with Gasteiger partial charge in [-0.25, -0.2) is 0 Å². The molecule has 0 spiro atoms. The Morgan fingerprint density at radius 3 is 2.67 bits per heavy atom. The Morgan fingerprint density at radius 2 is 2.13 bits per heavy atom. The molecule has 0 heterocycles. The summed E-state index contributed by atoms with van der Waals surface area (Å²) in [6.45, 7) is 5.05. The fourth-order valence-electron chi connectivity index (χ4n) is 1.22. The average molecular weight is 214 g/mol. The van der Waals surface area contributed by atoms with Crippen molar-refractivity contribution in [2.24, 2.45) is 5.73 Å². The molecule has 0 aliphatic heterocycles. The quantitative estimate of drug-likeness (QED) is 0.621. The molecule has 0 aliphatic carbocycles. The zero-order valence-corrected chi connectivity index (χ0v) is 9.95. The van der Waals surface area contributed by atoms with E-state index in [0.717, 1.165) is 12.8 Å². The van der Waals surface area contributed by atoms with Crippen molar-refractivity contribution >= 4 is 0 Å². The van der Waals surface area contributed by atoms with Gasteiger partial charge < -0.3 is 15.2 Å². The molecule has 0 amide bonds. The summed E-state index contributed by atoms with van der Waals surface area (Å²) in [7, 11) is 1.66. The van der Waals surface area contributed by atoms with Gasteiger partial charge >= 0.3 is 0 Å². The van der Waals surface area contributed by atoms with Crippen LogP contribution in [0.5, 0.6) is 0 Å². The van der Waals surface area contributed by atoms with Crippen LogP contribution < -0.4 is 5.73 Å². The van der Waals surface area contributed by atoms with Gasteiger partial charge in [-0.1, -0.05) is 0 Å². The largest absolute Gasteiger partial charge is 0.382 e. The van der Waals surface area contributed by atoms with Gasteiger partial charge in [-0.2, -0.15) is 5.26 Å². The van der Waals surface area contributed by atoms with E-state index in [1.54, 1.807) is 14.0 Å². The lowest BCUT2D eigenvalue weighted by atomic mass is 9.98. The van der Waals surface area contributed by atoms with Crippen molar-refractivity contribution in [3.8, 4) is 6.07 Å². The summed E-state index contributed by atoms with van der Waals surface area (Å²) in [4.78, 5) is 0. The molecule has 4 nitrogen and oxygen atoms in total. The van der Waals surface area contributed by atoms with Gasteiger partial charge in [0.2, 0.25) is 0 Å². The fraction of sp³-hybridized carbons (Fsp3) is 0.909. The maximum absolute atomic E-state index is 8.69. The Kier molecular flexibility index (Phi) is 7.31. The molecule has 0 aliphatic rings. The van der Waals surface area contributed by atoms with Gasteiger partial charge in [-0.3, -0.25) is 0 Å². The number of nitrogens with zero attached hydrogens (tertiary/aromatic N) is 1. The lowest BCUT2D eigenvalue weighted by molar-refractivity contribution is 0.00747. The first-order chi connectivity index (χ1) is 7.02. The Morgan fingerprint density at radius 1 is 1.47 bits per heavy atom. The monoisotopic (exact) mass is 214 g/mol. The summed E-state index contributed by atoms with van der Waals surface area (Å²) in [5.74, 6) is 0. The van der Waals surface area contributed by atoms with Crippen LogP contribution in [0.15, 0.2) is 0 Å². The molecule has 0 saturated heterocycles. The smallest absolute Gasteiger partial charge is 0.101 e. The van der Waals surface area contributed by atoms with Gasteiger partial charge in [0.25, 0.3) is 0 Å². The first kappa shape index (κ1) is 14.4. The van der Waals surface area contributed by atoms with Crippen LogP contribution in [0.2, 0.25) is 0 Å². The third kappa shape index (κ3) is 8.37. The summed E-state index contributed by atoms with van der Waals surface area (Å²) in [5, 5.41) is 8.69. The van der Waals surface area contributed by atoms with Crippen LogP contribution in [0.1, 0.15) is 33.1 Å². The molecule has 0 radical (unpaired) electrons. The molecule has 0 bridgehead atoms. The first-order valence-electron chi connectivity index (χ1n) is 5.32. The molecule has 0 saturated carbocycles. The predicted octanol–water partition coefficient (Wildman–Crippen LogP) is 1.45. The number of nitriles is 1. The zero-order valence-electron chi connectivity index (χ0n) is 9.95. The minimum Gasteiger partial charge on any atom is -0.382 e. The van der Waals surface area contributed by atoms with Gasteiger partial charge in [0, 0.05) is 13.7 Å². The van der Waals surface area contributed by atoms with Crippen molar-refractivity contribution in [1.82, 2.24) is 0 Å². The molecular weight excluding hydrogens is 192 g/mol. The number of methoxy groups -OCH3 is 1. The molecule has 2 N–H and O–H groups in total. The van der Waals surface area contributed by atoms with E-state index >= 15 is 0 Å². The minimum atomic E-state index is -0.696. The number of unbranched alkanes of at least 4 members (excludes halogenated alkanes) is 1. The van der Waals surface area contributed by atoms with E-state index in [1.807, 2.05) is 6.92 Å². The van der Waals surface area contributed by atoms with Crippen molar-refractivity contribution in [1.29, 1.82) is 5.26 Å². The summed E-state index contributed by atoms with van der Waals surface area (Å²) in [6.07, 6.45) is 2.70. The number of ether oxygens (including phenoxy) is 2. The third-order valence-corrected chi connectivity index (χ3v) is 2.15. The van der Waals surface area contributed by atoms with Crippen LogP contribution in [-0.4, -0.2) is 32.0 Å². The molecule has 0 aromatic carbocycles. The predicted molar refractivity (Wildman–Crippen MR) is 59.3 cm³/mol. The molecule has 0 aromatic rings. The third-order valence-electron chi connectivity index (χ3n) is 2.15. The summed E-state index contributed by atoms with van der Waals surface area (Å²) in [5.41, 5.74) is 4.99. The maximum atomic E-state index is 8.69. The second-order valence-corrected chi connectivity index (χ2v) is 4.12. The zero-order chi connectivity index (χ0) is 11.7. The molecule has 0 rings (SSSR count). The summed E-state index contributed by atoms with van der Waals surface area (Å²) < 4.78 is 10.4. The second kappa shape index (κ2) is 7.63. The van der Waals surface area contributed by atoms with Gasteiger partial charge in [0.1, 0.15) is 5.54 Å². The number of hydrogen-bond acceptors (Lipinski definition) is 4. The van der Waals surface area contributed by atoms with Crippen LogP contribution >= 0.6 is 0 Å². The van der Waals surface area contributed by atoms with E-state index in [1.165, 1.54) is 0 Å². The highest BCUT2D eigenvalue weighted by molar-refractivity contribution is 5.00. The number of rotatable bonds is 8. The Labute approximate surface area is 92.3 Å². The Bertz CT molecular complexity index is 199. The van der Waals surface area contributed by atoms with E-state index < -0.39 is 5.54 Å². The van der Waals surface area contributed by atoms with Crippen molar-refractivity contribution < 1.29 is 9.47 Å². The van der Waals surface area contributed by atoms with Gasteiger partial charge in [0.15, 0.2) is 0 Å².